The molecule has 28 heavy (non-hydrogen) atoms. The van der Waals surface area contributed by atoms with E-state index in [1.807, 2.05) is 12.1 Å². The van der Waals surface area contributed by atoms with Crippen molar-refractivity contribution < 1.29 is 4.79 Å². The fraction of sp³-hybridized carbons (Fsp3) is 0.680. The molecule has 0 unspecified atom stereocenters. The molecule has 156 valence electrons. The summed E-state index contributed by atoms with van der Waals surface area (Å²) in [7, 11) is 0. The zero-order valence-electron chi connectivity index (χ0n) is 17.8. The largest absolute Gasteiger partial charge is 0.356 e. The number of unbranched alkanes of at least 4 members (excludes halogenated alkanes) is 14. The van der Waals surface area contributed by atoms with E-state index < -0.39 is 0 Å². The number of nitrogens with zero attached hydrogens (tertiary/aromatic N) is 1. The number of rotatable bonds is 19. The molecule has 0 amide bonds. The Morgan fingerprint density at radius 3 is 1.82 bits per heavy atom. The van der Waals surface area contributed by atoms with Gasteiger partial charge in [0.1, 0.15) is 0 Å². The van der Waals surface area contributed by atoms with Crippen molar-refractivity contribution in [2.75, 3.05) is 0 Å². The Balaban J connectivity index is 1.75. The predicted octanol–water partition coefficient (Wildman–Crippen LogP) is 7.69. The van der Waals surface area contributed by atoms with Crippen molar-refractivity contribution in [1.82, 2.24) is 4.98 Å². The van der Waals surface area contributed by atoms with Crippen molar-refractivity contribution in [3.63, 3.8) is 0 Å². The Hall–Kier alpha value is -1.82. The van der Waals surface area contributed by atoms with Gasteiger partial charge in [-0.15, -0.1) is 0 Å². The molecule has 1 aromatic rings. The van der Waals surface area contributed by atoms with E-state index in [-0.39, 0.29) is 0 Å². The van der Waals surface area contributed by atoms with Gasteiger partial charge in [-0.3, -0.25) is 4.79 Å². The molecular formula is C25H40N2O. The van der Waals surface area contributed by atoms with Crippen LogP contribution in [-0.2, 0) is 6.42 Å². The zero-order valence-corrected chi connectivity index (χ0v) is 17.8. The molecule has 0 radical (unpaired) electrons. The molecule has 1 heterocycles. The second-order valence-corrected chi connectivity index (χ2v) is 7.86. The van der Waals surface area contributed by atoms with Gasteiger partial charge in [0.05, 0.1) is 11.8 Å². The van der Waals surface area contributed by atoms with E-state index in [9.17, 15) is 4.79 Å². The van der Waals surface area contributed by atoms with Crippen LogP contribution in [0.1, 0.15) is 119 Å². The molecule has 0 saturated heterocycles. The molecule has 1 aromatic heterocycles. The van der Waals surface area contributed by atoms with Crippen LogP contribution in [0.3, 0.4) is 0 Å². The number of aryl methyl sites for hydroxylation is 1. The van der Waals surface area contributed by atoms with Gasteiger partial charge in [-0.2, -0.15) is 5.26 Å². The van der Waals surface area contributed by atoms with Gasteiger partial charge in [-0.1, -0.05) is 69.9 Å². The van der Waals surface area contributed by atoms with Crippen LogP contribution in [0, 0.1) is 11.3 Å². The smallest absolute Gasteiger partial charge is 0.166 e. The summed E-state index contributed by atoms with van der Waals surface area (Å²) in [5, 5.41) is 8.47. The van der Waals surface area contributed by atoms with Crippen LogP contribution in [0.2, 0.25) is 0 Å². The van der Waals surface area contributed by atoms with Crippen LogP contribution in [0.4, 0.5) is 0 Å². The quantitative estimate of drug-likeness (QED) is 0.151. The van der Waals surface area contributed by atoms with Crippen LogP contribution < -0.4 is 0 Å². The van der Waals surface area contributed by atoms with E-state index in [2.05, 4.69) is 23.2 Å². The van der Waals surface area contributed by atoms with Crippen LogP contribution >= 0.6 is 0 Å². The lowest BCUT2D eigenvalue weighted by atomic mass is 10.0. The molecule has 0 aliphatic rings. The second-order valence-electron chi connectivity index (χ2n) is 7.86. The molecule has 0 aliphatic carbocycles. The summed E-state index contributed by atoms with van der Waals surface area (Å²) in [4.78, 5) is 13.8. The molecule has 1 N–H and O–H groups in total. The number of aldehydes is 1. The number of carbonyl (C=O) groups is 1. The summed E-state index contributed by atoms with van der Waals surface area (Å²) < 4.78 is 0. The molecule has 3 nitrogen and oxygen atoms in total. The molecule has 1 rings (SSSR count). The Kier molecular flexibility index (Phi) is 16.0. The molecule has 0 aliphatic heterocycles. The van der Waals surface area contributed by atoms with Gasteiger partial charge >= 0.3 is 0 Å². The summed E-state index contributed by atoms with van der Waals surface area (Å²) in [6.07, 6.45) is 26.6. The third kappa shape index (κ3) is 14.3. The second kappa shape index (κ2) is 18.5. The Morgan fingerprint density at radius 1 is 0.750 bits per heavy atom. The van der Waals surface area contributed by atoms with E-state index in [1.165, 1.54) is 95.6 Å². The Morgan fingerprint density at radius 2 is 1.29 bits per heavy atom. The molecule has 3 heteroatoms. The lowest BCUT2D eigenvalue weighted by Crippen LogP contribution is -1.88. The molecule has 0 spiro atoms. The van der Waals surface area contributed by atoms with Gasteiger partial charge in [0.15, 0.2) is 6.29 Å². The number of nitriles is 1. The maximum Gasteiger partial charge on any atom is 0.166 e. The standard InChI is InChI=1S/C25H40N2O/c26-22-18-16-14-12-10-8-6-4-2-1-3-5-7-9-11-13-15-17-19-24-20-21-25(23-28)27-24/h4,6,20-21,23,27H,1-3,5,7-19H2. The average Bonchev–Trinajstić information content (AvgIpc) is 3.18. The minimum atomic E-state index is 0.689. The number of allylic oxidation sites excluding steroid dienone is 2. The van der Waals surface area contributed by atoms with Crippen LogP contribution in [0.5, 0.6) is 0 Å². The number of carbonyl (C=O) groups excluding carboxylic acids is 1. The van der Waals surface area contributed by atoms with Crippen molar-refractivity contribution >= 4 is 6.29 Å². The maximum atomic E-state index is 10.6. The number of hydrogen-bond acceptors (Lipinski definition) is 2. The monoisotopic (exact) mass is 384 g/mol. The average molecular weight is 385 g/mol. The number of H-pyrrole nitrogens is 1. The van der Waals surface area contributed by atoms with Gasteiger partial charge < -0.3 is 4.98 Å². The van der Waals surface area contributed by atoms with Gasteiger partial charge in [0.2, 0.25) is 0 Å². The van der Waals surface area contributed by atoms with Crippen LogP contribution in [0.25, 0.3) is 0 Å². The highest BCUT2D eigenvalue weighted by molar-refractivity contribution is 5.71. The predicted molar refractivity (Wildman–Crippen MR) is 119 cm³/mol. The first-order valence-corrected chi connectivity index (χ1v) is 11.5. The van der Waals surface area contributed by atoms with Crippen molar-refractivity contribution in [1.29, 1.82) is 5.26 Å². The Bertz CT molecular complexity index is 553. The van der Waals surface area contributed by atoms with E-state index in [0.29, 0.717) is 12.1 Å². The number of aromatic amines is 1. The fourth-order valence-corrected chi connectivity index (χ4v) is 3.54. The first-order valence-electron chi connectivity index (χ1n) is 11.5. The normalized spacial score (nSPS) is 11.1. The molecule has 0 bridgehead atoms. The lowest BCUT2D eigenvalue weighted by molar-refractivity contribution is 0.111. The molecule has 0 saturated carbocycles. The molecule has 0 fully saturated rings. The highest BCUT2D eigenvalue weighted by Gasteiger charge is 1.98. The van der Waals surface area contributed by atoms with Gasteiger partial charge in [0.25, 0.3) is 0 Å². The topological polar surface area (TPSA) is 56.6 Å². The lowest BCUT2D eigenvalue weighted by Gasteiger charge is -2.02. The summed E-state index contributed by atoms with van der Waals surface area (Å²) in [6, 6.07) is 6.09. The number of aromatic nitrogens is 1. The van der Waals surface area contributed by atoms with E-state index >= 15 is 0 Å². The SMILES string of the molecule is N#CCCCCCCC=CCCCCCCCCCCCc1ccc(C=O)[nH]1. The summed E-state index contributed by atoms with van der Waals surface area (Å²) in [5.41, 5.74) is 1.88. The summed E-state index contributed by atoms with van der Waals surface area (Å²) >= 11 is 0. The Labute approximate surface area is 172 Å². The third-order valence-electron chi connectivity index (χ3n) is 5.29. The van der Waals surface area contributed by atoms with Crippen molar-refractivity contribution in [2.24, 2.45) is 0 Å². The fourth-order valence-electron chi connectivity index (χ4n) is 3.54. The summed E-state index contributed by atoms with van der Waals surface area (Å²) in [5.74, 6) is 0. The highest BCUT2D eigenvalue weighted by atomic mass is 16.1. The molecular weight excluding hydrogens is 344 g/mol. The minimum Gasteiger partial charge on any atom is -0.356 e. The van der Waals surface area contributed by atoms with Crippen LogP contribution in [-0.4, -0.2) is 11.3 Å². The maximum absolute atomic E-state index is 10.6. The zero-order chi connectivity index (χ0) is 20.1. The third-order valence-corrected chi connectivity index (χ3v) is 5.29. The minimum absolute atomic E-state index is 0.689. The number of nitrogens with one attached hydrogen (secondary N) is 1. The number of hydrogen-bond donors (Lipinski definition) is 1. The molecule has 0 atom stereocenters. The van der Waals surface area contributed by atoms with E-state index in [4.69, 9.17) is 5.26 Å². The van der Waals surface area contributed by atoms with Crippen molar-refractivity contribution in [3.8, 4) is 6.07 Å². The van der Waals surface area contributed by atoms with Gasteiger partial charge in [-0.05, 0) is 57.1 Å². The molecule has 0 aromatic carbocycles. The van der Waals surface area contributed by atoms with Crippen LogP contribution in [0.15, 0.2) is 24.3 Å². The summed E-state index contributed by atoms with van der Waals surface area (Å²) in [6.45, 7) is 0. The first kappa shape index (κ1) is 24.2. The van der Waals surface area contributed by atoms with Crippen molar-refractivity contribution in [3.05, 3.63) is 35.7 Å². The van der Waals surface area contributed by atoms with Gasteiger partial charge in [-0.25, -0.2) is 0 Å². The highest BCUT2D eigenvalue weighted by Crippen LogP contribution is 2.13. The van der Waals surface area contributed by atoms with Gasteiger partial charge in [0, 0.05) is 12.1 Å². The van der Waals surface area contributed by atoms with E-state index in [1.54, 1.807) is 0 Å². The van der Waals surface area contributed by atoms with Crippen molar-refractivity contribution in [2.45, 2.75) is 109 Å². The van der Waals surface area contributed by atoms with E-state index in [0.717, 1.165) is 19.1 Å². The first-order chi connectivity index (χ1) is 13.9.